The van der Waals surface area contributed by atoms with Gasteiger partial charge < -0.3 is 13.5 Å². The van der Waals surface area contributed by atoms with Crippen LogP contribution in [0.5, 0.6) is 0 Å². The first-order chi connectivity index (χ1) is 8.28. The molecule has 0 aliphatic carbocycles. The average Bonchev–Trinajstić information content (AvgIpc) is 2.15. The summed E-state index contributed by atoms with van der Waals surface area (Å²) in [5.41, 5.74) is -2.16. The summed E-state index contributed by atoms with van der Waals surface area (Å²) in [6, 6.07) is 1.07. The van der Waals surface area contributed by atoms with Crippen molar-refractivity contribution in [1.82, 2.24) is 0 Å². The molecule has 0 heterocycles. The van der Waals surface area contributed by atoms with E-state index in [4.69, 9.17) is 25.3 Å². The molecule has 0 saturated carbocycles. The van der Waals surface area contributed by atoms with Gasteiger partial charge in [-0.05, 0) is 51.7 Å². The van der Waals surface area contributed by atoms with Gasteiger partial charge in [-0.25, -0.2) is 0 Å². The minimum absolute atomic E-state index is 0.419. The van der Waals surface area contributed by atoms with Crippen LogP contribution in [0.1, 0.15) is 27.7 Å². The van der Waals surface area contributed by atoms with Crippen molar-refractivity contribution in [3.63, 3.8) is 0 Å². The van der Waals surface area contributed by atoms with Crippen molar-refractivity contribution in [2.24, 2.45) is 0 Å². The quantitative estimate of drug-likeness (QED) is 0.429. The van der Waals surface area contributed by atoms with Gasteiger partial charge in [-0.1, -0.05) is 18.3 Å². The summed E-state index contributed by atoms with van der Waals surface area (Å²) in [4.78, 5) is 0. The zero-order valence-corrected chi connectivity index (χ0v) is 15.9. The van der Waals surface area contributed by atoms with Crippen molar-refractivity contribution in [3.05, 3.63) is 0 Å². The van der Waals surface area contributed by atoms with Gasteiger partial charge >= 0.3 is 0 Å². The van der Waals surface area contributed by atoms with Gasteiger partial charge in [0.15, 0.2) is 8.32 Å². The molecular weight excluding hydrogens is 303 g/mol. The molecule has 0 spiro atoms. The monoisotopic (exact) mass is 330 g/mol. The molecule has 7 heteroatoms. The number of hydrogen-bond acceptors (Lipinski definition) is 5. The second kappa shape index (κ2) is 9.11. The Labute approximate surface area is 122 Å². The lowest BCUT2D eigenvalue weighted by Crippen LogP contribution is -2.33. The third-order valence-corrected chi connectivity index (χ3v) is 11.0. The molecule has 0 bridgehead atoms. The largest absolute Gasteiger partial charge is 0.418 e. The number of rotatable bonds is 10. The van der Waals surface area contributed by atoms with Crippen LogP contribution in [0.25, 0.3) is 0 Å². The maximum atomic E-state index is 5.86. The van der Waals surface area contributed by atoms with Crippen molar-refractivity contribution in [3.8, 4) is 0 Å². The predicted octanol–water partition coefficient (Wildman–Crippen LogP) is 4.65. The normalized spacial score (nSPS) is 14.8. The molecule has 0 aliphatic heterocycles. The lowest BCUT2D eigenvalue weighted by molar-refractivity contribution is 0.280. The Hall–Kier alpha value is 1.10. The molecule has 3 nitrogen and oxygen atoms in total. The van der Waals surface area contributed by atoms with Gasteiger partial charge in [0.05, 0.1) is 13.2 Å². The second-order valence-electron chi connectivity index (χ2n) is 4.60. The fourth-order valence-corrected chi connectivity index (χ4v) is 11.8. The Balaban J connectivity index is 4.42. The van der Waals surface area contributed by atoms with Gasteiger partial charge in [0.25, 0.3) is 0 Å². The third kappa shape index (κ3) is 8.30. The molecule has 0 radical (unpaired) electrons. The highest BCUT2D eigenvalue weighted by Crippen LogP contribution is 2.63. The van der Waals surface area contributed by atoms with Gasteiger partial charge in [0.2, 0.25) is 5.69 Å². The molecule has 1 atom stereocenters. The molecule has 0 amide bonds. The summed E-state index contributed by atoms with van der Waals surface area (Å²) >= 11 is 7.22. The zero-order chi connectivity index (χ0) is 14.2. The van der Waals surface area contributed by atoms with Crippen LogP contribution in [-0.2, 0) is 25.3 Å². The van der Waals surface area contributed by atoms with E-state index in [2.05, 4.69) is 26.9 Å². The van der Waals surface area contributed by atoms with Crippen LogP contribution in [0.15, 0.2) is 0 Å². The highest BCUT2D eigenvalue weighted by molar-refractivity contribution is 8.68. The summed E-state index contributed by atoms with van der Waals surface area (Å²) in [7, 11) is -1.57. The minimum atomic E-state index is -2.16. The Kier molecular flexibility index (Phi) is 9.67. The molecule has 110 valence electrons. The SMILES string of the molecule is CCO[Si](C)(C)CC(C)SP(=S)(OCC)OCC. The van der Waals surface area contributed by atoms with Crippen LogP contribution in [0.2, 0.25) is 19.1 Å². The van der Waals surface area contributed by atoms with E-state index in [1.807, 2.05) is 13.8 Å². The van der Waals surface area contributed by atoms with Gasteiger partial charge in [0.1, 0.15) is 0 Å². The molecule has 0 aromatic rings. The van der Waals surface area contributed by atoms with Crippen molar-refractivity contribution in [2.75, 3.05) is 19.8 Å². The molecule has 0 aromatic carbocycles. The maximum absolute atomic E-state index is 5.86. The van der Waals surface area contributed by atoms with Gasteiger partial charge in [-0.2, -0.15) is 0 Å². The van der Waals surface area contributed by atoms with E-state index < -0.39 is 14.0 Å². The molecule has 0 aromatic heterocycles. The number of hydrogen-bond donors (Lipinski definition) is 0. The summed E-state index contributed by atoms with van der Waals surface area (Å²) in [5.74, 6) is 0. The molecule has 0 fully saturated rings. The molecule has 18 heavy (non-hydrogen) atoms. The predicted molar refractivity (Wildman–Crippen MR) is 88.5 cm³/mol. The smallest absolute Gasteiger partial charge is 0.247 e. The topological polar surface area (TPSA) is 27.7 Å². The van der Waals surface area contributed by atoms with Gasteiger partial charge in [-0.3, -0.25) is 0 Å². The molecular formula is C11H27O3PS2Si. The van der Waals surface area contributed by atoms with E-state index in [9.17, 15) is 0 Å². The fourth-order valence-electron chi connectivity index (χ4n) is 1.81. The lowest BCUT2D eigenvalue weighted by Gasteiger charge is -2.28. The first-order valence-corrected chi connectivity index (χ1v) is 13.7. The van der Waals surface area contributed by atoms with E-state index in [1.54, 1.807) is 11.4 Å². The molecule has 0 saturated heterocycles. The van der Waals surface area contributed by atoms with Crippen LogP contribution in [0.3, 0.4) is 0 Å². The minimum Gasteiger partial charge on any atom is -0.418 e. The molecule has 0 N–H and O–H groups in total. The Bertz CT molecular complexity index is 267. The Morgan fingerprint density at radius 3 is 2.00 bits per heavy atom. The van der Waals surface area contributed by atoms with Crippen molar-refractivity contribution in [2.45, 2.75) is 52.1 Å². The molecule has 0 rings (SSSR count). The van der Waals surface area contributed by atoms with E-state index >= 15 is 0 Å². The molecule has 0 aliphatic rings. The summed E-state index contributed by atoms with van der Waals surface area (Å²) in [6.07, 6.45) is 0. The Morgan fingerprint density at radius 2 is 1.61 bits per heavy atom. The van der Waals surface area contributed by atoms with E-state index in [-0.39, 0.29) is 0 Å². The second-order valence-corrected chi connectivity index (χ2v) is 15.4. The van der Waals surface area contributed by atoms with Crippen LogP contribution < -0.4 is 0 Å². The first-order valence-electron chi connectivity index (χ1n) is 6.50. The van der Waals surface area contributed by atoms with Crippen molar-refractivity contribution in [1.29, 1.82) is 0 Å². The summed E-state index contributed by atoms with van der Waals surface area (Å²) < 4.78 is 17.2. The summed E-state index contributed by atoms with van der Waals surface area (Å²) in [5, 5.41) is 0.419. The van der Waals surface area contributed by atoms with Gasteiger partial charge in [-0.15, -0.1) is 0 Å². The summed E-state index contributed by atoms with van der Waals surface area (Å²) in [6.45, 7) is 14.7. The van der Waals surface area contributed by atoms with Crippen LogP contribution in [-0.4, -0.2) is 33.4 Å². The zero-order valence-electron chi connectivity index (χ0n) is 12.4. The Morgan fingerprint density at radius 1 is 1.11 bits per heavy atom. The molecule has 1 unspecified atom stereocenters. The van der Waals surface area contributed by atoms with Crippen molar-refractivity contribution >= 4 is 37.2 Å². The first kappa shape index (κ1) is 19.1. The van der Waals surface area contributed by atoms with Crippen LogP contribution in [0.4, 0.5) is 0 Å². The van der Waals surface area contributed by atoms with Crippen molar-refractivity contribution < 1.29 is 13.5 Å². The standard InChI is InChI=1S/C11H27O3PS2Si/c1-7-12-15(16,13-8-2)17-11(4)10-18(5,6)14-9-3/h11H,7-10H2,1-6H3. The van der Waals surface area contributed by atoms with Crippen LogP contribution >= 0.6 is 17.1 Å². The van der Waals surface area contributed by atoms with E-state index in [1.165, 1.54) is 0 Å². The third-order valence-electron chi connectivity index (χ3n) is 2.20. The van der Waals surface area contributed by atoms with Crippen LogP contribution in [0, 0.1) is 0 Å². The van der Waals surface area contributed by atoms with E-state index in [0.29, 0.717) is 18.5 Å². The van der Waals surface area contributed by atoms with E-state index in [0.717, 1.165) is 12.7 Å². The highest BCUT2D eigenvalue weighted by Gasteiger charge is 2.29. The average molecular weight is 331 g/mol. The van der Waals surface area contributed by atoms with Gasteiger partial charge in [0, 0.05) is 11.9 Å². The fraction of sp³-hybridized carbons (Fsp3) is 1.00. The lowest BCUT2D eigenvalue weighted by atomic mass is 10.6. The maximum Gasteiger partial charge on any atom is 0.247 e. The highest BCUT2D eigenvalue weighted by atomic mass is 32.9.